The normalized spacial score (nSPS) is 9.59. The lowest BCUT2D eigenvalue weighted by molar-refractivity contribution is -0.133. The molecule has 0 atom stereocenters. The maximum atomic E-state index is 11.8. The van der Waals surface area contributed by atoms with Gasteiger partial charge in [-0.05, 0) is 33.0 Å². The number of anilines is 1. The molecular weight excluding hydrogens is 306 g/mol. The first kappa shape index (κ1) is 20.2. The highest BCUT2D eigenvalue weighted by Crippen LogP contribution is 2.17. The van der Waals surface area contributed by atoms with Crippen LogP contribution in [0.15, 0.2) is 24.3 Å². The molecule has 6 nitrogen and oxygen atoms in total. The molecule has 0 radical (unpaired) electrons. The van der Waals surface area contributed by atoms with Crippen molar-refractivity contribution in [3.8, 4) is 5.75 Å². The van der Waals surface area contributed by atoms with Crippen LogP contribution in [0.3, 0.4) is 0 Å². The van der Waals surface area contributed by atoms with Gasteiger partial charge in [-0.1, -0.05) is 6.07 Å². The Kier molecular flexibility index (Phi) is 9.98. The number of ether oxygens (including phenoxy) is 1. The number of carbonyl (C=O) groups excluding carboxylic acids is 2. The maximum absolute atomic E-state index is 11.8. The maximum Gasteiger partial charge on any atom is 0.260 e. The van der Waals surface area contributed by atoms with E-state index >= 15 is 0 Å². The van der Waals surface area contributed by atoms with E-state index in [2.05, 4.69) is 10.6 Å². The first-order valence-electron chi connectivity index (χ1n) is 7.05. The molecule has 0 fully saturated rings. The highest BCUT2D eigenvalue weighted by Gasteiger charge is 2.10. The summed E-state index contributed by atoms with van der Waals surface area (Å²) in [6, 6.07) is 6.99. The third-order valence-electron chi connectivity index (χ3n) is 2.93. The smallest absolute Gasteiger partial charge is 0.260 e. The first-order chi connectivity index (χ1) is 10.1. The van der Waals surface area contributed by atoms with Gasteiger partial charge in [-0.15, -0.1) is 12.4 Å². The largest absolute Gasteiger partial charge is 0.484 e. The van der Waals surface area contributed by atoms with Gasteiger partial charge in [0.15, 0.2) is 6.61 Å². The fraction of sp³-hybridized carbons (Fsp3) is 0.467. The van der Waals surface area contributed by atoms with E-state index in [1.54, 1.807) is 36.2 Å². The van der Waals surface area contributed by atoms with Crippen LogP contribution in [0.2, 0.25) is 0 Å². The van der Waals surface area contributed by atoms with E-state index in [-0.39, 0.29) is 37.4 Å². The minimum absolute atomic E-state index is 0. The highest BCUT2D eigenvalue weighted by atomic mass is 35.5. The predicted molar refractivity (Wildman–Crippen MR) is 89.7 cm³/mol. The minimum atomic E-state index is -0.131. The van der Waals surface area contributed by atoms with E-state index in [0.717, 1.165) is 0 Å². The Labute approximate surface area is 137 Å². The Morgan fingerprint density at radius 3 is 2.50 bits per heavy atom. The Morgan fingerprint density at radius 2 is 1.91 bits per heavy atom. The van der Waals surface area contributed by atoms with Crippen molar-refractivity contribution in [2.75, 3.05) is 38.6 Å². The molecule has 1 aromatic carbocycles. The molecule has 0 spiro atoms. The Balaban J connectivity index is 0.00000441. The summed E-state index contributed by atoms with van der Waals surface area (Å²) in [6.07, 6.45) is 0. The highest BCUT2D eigenvalue weighted by molar-refractivity contribution is 5.92. The number of carbonyl (C=O) groups is 2. The van der Waals surface area contributed by atoms with Crippen molar-refractivity contribution in [1.82, 2.24) is 10.2 Å². The number of likely N-dealkylation sites (N-methyl/N-ethyl adjacent to an activating group) is 2. The van der Waals surface area contributed by atoms with Gasteiger partial charge in [0.1, 0.15) is 5.75 Å². The first-order valence-corrected chi connectivity index (χ1v) is 7.05. The molecule has 1 aromatic rings. The fourth-order valence-electron chi connectivity index (χ4n) is 1.84. The van der Waals surface area contributed by atoms with E-state index in [0.29, 0.717) is 24.5 Å². The van der Waals surface area contributed by atoms with Gasteiger partial charge in [-0.2, -0.15) is 0 Å². The second kappa shape index (κ2) is 10.9. The molecule has 0 unspecified atom stereocenters. The molecule has 0 saturated carbocycles. The zero-order valence-corrected chi connectivity index (χ0v) is 14.0. The van der Waals surface area contributed by atoms with E-state index in [1.807, 2.05) is 13.8 Å². The molecular formula is C15H24ClN3O3. The molecule has 1 rings (SSSR count). The van der Waals surface area contributed by atoms with Gasteiger partial charge in [0.05, 0.1) is 6.54 Å². The van der Waals surface area contributed by atoms with Gasteiger partial charge in [-0.3, -0.25) is 9.59 Å². The number of nitrogens with zero attached hydrogens (tertiary/aromatic N) is 1. The van der Waals surface area contributed by atoms with Crippen molar-refractivity contribution >= 4 is 29.9 Å². The quantitative estimate of drug-likeness (QED) is 0.758. The van der Waals surface area contributed by atoms with Crippen LogP contribution in [0.25, 0.3) is 0 Å². The van der Waals surface area contributed by atoms with Crippen LogP contribution in [-0.2, 0) is 9.59 Å². The molecule has 0 aliphatic heterocycles. The second-order valence-electron chi connectivity index (χ2n) is 4.46. The topological polar surface area (TPSA) is 70.7 Å². The number of amides is 2. The van der Waals surface area contributed by atoms with Crippen molar-refractivity contribution in [3.63, 3.8) is 0 Å². The lowest BCUT2D eigenvalue weighted by Gasteiger charge is -2.18. The van der Waals surface area contributed by atoms with Gasteiger partial charge in [-0.25, -0.2) is 0 Å². The zero-order valence-electron chi connectivity index (χ0n) is 13.2. The van der Waals surface area contributed by atoms with Gasteiger partial charge < -0.3 is 20.3 Å². The Morgan fingerprint density at radius 1 is 1.23 bits per heavy atom. The average Bonchev–Trinajstić information content (AvgIpc) is 2.47. The molecule has 2 amide bonds. The van der Waals surface area contributed by atoms with Gasteiger partial charge >= 0.3 is 0 Å². The van der Waals surface area contributed by atoms with E-state index in [1.165, 1.54) is 0 Å². The number of benzene rings is 1. The van der Waals surface area contributed by atoms with Crippen LogP contribution in [-0.4, -0.2) is 50.0 Å². The van der Waals surface area contributed by atoms with Crippen molar-refractivity contribution in [3.05, 3.63) is 24.3 Å². The van der Waals surface area contributed by atoms with E-state index in [9.17, 15) is 9.59 Å². The van der Waals surface area contributed by atoms with Crippen LogP contribution in [0.4, 0.5) is 5.69 Å². The lowest BCUT2D eigenvalue weighted by Crippen LogP contribution is -2.34. The summed E-state index contributed by atoms with van der Waals surface area (Å²) in [4.78, 5) is 25.0. The number of rotatable bonds is 8. The molecule has 0 aliphatic rings. The fourth-order valence-corrected chi connectivity index (χ4v) is 1.84. The Hall–Kier alpha value is -1.79. The molecule has 0 bridgehead atoms. The van der Waals surface area contributed by atoms with Crippen molar-refractivity contribution in [1.29, 1.82) is 0 Å². The third kappa shape index (κ3) is 6.78. The van der Waals surface area contributed by atoms with Crippen LogP contribution < -0.4 is 15.4 Å². The summed E-state index contributed by atoms with van der Waals surface area (Å²) in [7, 11) is 1.71. The number of hydrogen-bond donors (Lipinski definition) is 2. The van der Waals surface area contributed by atoms with Crippen LogP contribution >= 0.6 is 12.4 Å². The molecule has 0 saturated heterocycles. The summed E-state index contributed by atoms with van der Waals surface area (Å²) in [6.45, 7) is 5.43. The SMILES string of the molecule is CCN(CC)C(=O)COc1cccc(NC(=O)CNC)c1.Cl. The summed E-state index contributed by atoms with van der Waals surface area (Å²) in [5.41, 5.74) is 0.642. The second-order valence-corrected chi connectivity index (χ2v) is 4.46. The molecule has 0 heterocycles. The molecule has 22 heavy (non-hydrogen) atoms. The third-order valence-corrected chi connectivity index (χ3v) is 2.93. The number of halogens is 1. The molecule has 2 N–H and O–H groups in total. The van der Waals surface area contributed by atoms with Crippen molar-refractivity contribution in [2.45, 2.75) is 13.8 Å². The lowest BCUT2D eigenvalue weighted by atomic mass is 10.3. The standard InChI is InChI=1S/C15H23N3O3.ClH/c1-4-18(5-2)15(20)11-21-13-8-6-7-12(9-13)17-14(19)10-16-3;/h6-9,16H,4-5,10-11H2,1-3H3,(H,17,19);1H. The van der Waals surface area contributed by atoms with Crippen LogP contribution in [0.1, 0.15) is 13.8 Å². The van der Waals surface area contributed by atoms with Gasteiger partial charge in [0.2, 0.25) is 5.91 Å². The van der Waals surface area contributed by atoms with Crippen LogP contribution in [0.5, 0.6) is 5.75 Å². The number of hydrogen-bond acceptors (Lipinski definition) is 4. The predicted octanol–water partition coefficient (Wildman–Crippen LogP) is 1.51. The minimum Gasteiger partial charge on any atom is -0.484 e. The zero-order chi connectivity index (χ0) is 15.7. The number of nitrogens with one attached hydrogen (secondary N) is 2. The average molecular weight is 330 g/mol. The Bertz CT molecular complexity index is 479. The monoisotopic (exact) mass is 329 g/mol. The van der Waals surface area contributed by atoms with Crippen LogP contribution in [0, 0.1) is 0 Å². The van der Waals surface area contributed by atoms with E-state index in [4.69, 9.17) is 4.74 Å². The molecule has 0 aromatic heterocycles. The summed E-state index contributed by atoms with van der Waals surface area (Å²) >= 11 is 0. The molecule has 7 heteroatoms. The molecule has 0 aliphatic carbocycles. The van der Waals surface area contributed by atoms with Crippen molar-refractivity contribution < 1.29 is 14.3 Å². The van der Waals surface area contributed by atoms with Crippen molar-refractivity contribution in [2.24, 2.45) is 0 Å². The summed E-state index contributed by atoms with van der Waals surface area (Å²) in [5, 5.41) is 5.51. The van der Waals surface area contributed by atoms with E-state index < -0.39 is 0 Å². The van der Waals surface area contributed by atoms with Gasteiger partial charge in [0.25, 0.3) is 5.91 Å². The summed E-state index contributed by atoms with van der Waals surface area (Å²) < 4.78 is 5.48. The summed E-state index contributed by atoms with van der Waals surface area (Å²) in [5.74, 6) is 0.372. The van der Waals surface area contributed by atoms with Gasteiger partial charge in [0, 0.05) is 24.8 Å². The molecule has 124 valence electrons.